The van der Waals surface area contributed by atoms with Crippen LogP contribution in [0, 0.1) is 6.92 Å². The van der Waals surface area contributed by atoms with E-state index in [9.17, 15) is 4.79 Å². The Kier molecular flexibility index (Phi) is 8.09. The standard InChI is InChI=1S/C23H29N7O3/c1-5-11-32-12-10-25-22-27-20(16-6-9-19(24)26-14-16)28-23(29-22)33-17-7-8-18(15(2)13-17)21(31)30(3)4/h6-9,13-14H,5,10-12H2,1-4H3,(H2,24,26)(H,25,27,28,29). The average Bonchev–Trinajstić information content (AvgIpc) is 2.79. The number of aromatic nitrogens is 4. The van der Waals surface area contributed by atoms with Crippen molar-refractivity contribution in [2.75, 3.05) is 44.9 Å². The Morgan fingerprint density at radius 1 is 1.12 bits per heavy atom. The number of nitrogens with two attached hydrogens (primary N) is 1. The number of rotatable bonds is 10. The van der Waals surface area contributed by atoms with Gasteiger partial charge in [-0.05, 0) is 49.2 Å². The van der Waals surface area contributed by atoms with Crippen LogP contribution >= 0.6 is 0 Å². The Bertz CT molecular complexity index is 1090. The fraction of sp³-hybridized carbons (Fsp3) is 0.348. The monoisotopic (exact) mass is 451 g/mol. The van der Waals surface area contributed by atoms with E-state index in [0.717, 1.165) is 12.0 Å². The van der Waals surface area contributed by atoms with Crippen molar-refractivity contribution < 1.29 is 14.3 Å². The molecule has 0 aliphatic carbocycles. The van der Waals surface area contributed by atoms with Gasteiger partial charge in [-0.25, -0.2) is 4.98 Å². The highest BCUT2D eigenvalue weighted by Crippen LogP contribution is 2.25. The van der Waals surface area contributed by atoms with Crippen molar-refractivity contribution in [3.8, 4) is 23.1 Å². The Labute approximate surface area is 193 Å². The fourth-order valence-corrected chi connectivity index (χ4v) is 2.92. The van der Waals surface area contributed by atoms with E-state index in [1.54, 1.807) is 50.6 Å². The molecule has 0 saturated carbocycles. The number of pyridine rings is 1. The van der Waals surface area contributed by atoms with Crippen molar-refractivity contribution in [1.82, 2.24) is 24.8 Å². The minimum absolute atomic E-state index is 0.0749. The van der Waals surface area contributed by atoms with Crippen LogP contribution in [0.2, 0.25) is 0 Å². The number of hydrogen-bond acceptors (Lipinski definition) is 9. The first-order valence-electron chi connectivity index (χ1n) is 10.7. The summed E-state index contributed by atoms with van der Waals surface area (Å²) in [6, 6.07) is 8.78. The number of aryl methyl sites for hydroxylation is 1. The molecule has 1 aromatic carbocycles. The van der Waals surface area contributed by atoms with E-state index in [1.165, 1.54) is 4.90 Å². The van der Waals surface area contributed by atoms with Gasteiger partial charge in [0.15, 0.2) is 5.82 Å². The molecule has 0 bridgehead atoms. The molecule has 10 heteroatoms. The van der Waals surface area contributed by atoms with Gasteiger partial charge in [0.05, 0.1) is 6.61 Å². The summed E-state index contributed by atoms with van der Waals surface area (Å²) in [7, 11) is 3.43. The molecular formula is C23H29N7O3. The highest BCUT2D eigenvalue weighted by Gasteiger charge is 2.14. The predicted molar refractivity (Wildman–Crippen MR) is 126 cm³/mol. The van der Waals surface area contributed by atoms with Gasteiger partial charge in [0, 0.05) is 44.6 Å². The molecule has 174 valence electrons. The number of carbonyl (C=O) groups is 1. The number of nitrogen functional groups attached to an aromatic ring is 1. The third-order valence-electron chi connectivity index (χ3n) is 4.58. The van der Waals surface area contributed by atoms with Crippen LogP contribution in [-0.2, 0) is 4.74 Å². The maximum atomic E-state index is 12.3. The average molecular weight is 452 g/mol. The predicted octanol–water partition coefficient (Wildman–Crippen LogP) is 3.16. The van der Waals surface area contributed by atoms with Gasteiger partial charge in [-0.3, -0.25) is 4.79 Å². The molecule has 0 spiro atoms. The summed E-state index contributed by atoms with van der Waals surface area (Å²) in [5, 5.41) is 3.14. The first-order chi connectivity index (χ1) is 15.9. The number of benzene rings is 1. The Morgan fingerprint density at radius 2 is 1.94 bits per heavy atom. The van der Waals surface area contributed by atoms with Gasteiger partial charge in [-0.2, -0.15) is 15.0 Å². The zero-order valence-electron chi connectivity index (χ0n) is 19.3. The van der Waals surface area contributed by atoms with E-state index in [0.29, 0.717) is 54.2 Å². The zero-order valence-corrected chi connectivity index (χ0v) is 19.3. The number of nitrogens with one attached hydrogen (secondary N) is 1. The minimum atomic E-state index is -0.0749. The van der Waals surface area contributed by atoms with E-state index < -0.39 is 0 Å². The van der Waals surface area contributed by atoms with E-state index in [-0.39, 0.29) is 11.9 Å². The molecule has 2 heterocycles. The SMILES string of the molecule is CCCOCCNc1nc(Oc2ccc(C(=O)N(C)C)c(C)c2)nc(-c2ccc(N)nc2)n1. The van der Waals surface area contributed by atoms with Crippen LogP contribution in [0.5, 0.6) is 11.8 Å². The van der Waals surface area contributed by atoms with Gasteiger partial charge in [0.25, 0.3) is 5.91 Å². The Morgan fingerprint density at radius 3 is 2.61 bits per heavy atom. The smallest absolute Gasteiger partial charge is 0.327 e. The molecule has 0 aliphatic heterocycles. The molecule has 0 saturated heterocycles. The largest absolute Gasteiger partial charge is 0.424 e. The number of hydrogen-bond donors (Lipinski definition) is 2. The van der Waals surface area contributed by atoms with Crippen LogP contribution in [0.25, 0.3) is 11.4 Å². The number of ether oxygens (including phenoxy) is 2. The second-order valence-electron chi connectivity index (χ2n) is 7.55. The third kappa shape index (κ3) is 6.59. The highest BCUT2D eigenvalue weighted by atomic mass is 16.5. The van der Waals surface area contributed by atoms with Crippen LogP contribution in [-0.4, -0.2) is 64.6 Å². The number of amides is 1. The van der Waals surface area contributed by atoms with Gasteiger partial charge in [0.2, 0.25) is 5.95 Å². The lowest BCUT2D eigenvalue weighted by molar-refractivity contribution is 0.0827. The molecular weight excluding hydrogens is 422 g/mol. The van der Waals surface area contributed by atoms with Crippen LogP contribution in [0.1, 0.15) is 29.3 Å². The fourth-order valence-electron chi connectivity index (χ4n) is 2.92. The first-order valence-corrected chi connectivity index (χ1v) is 10.7. The van der Waals surface area contributed by atoms with Gasteiger partial charge < -0.3 is 25.4 Å². The summed E-state index contributed by atoms with van der Waals surface area (Å²) in [4.78, 5) is 31.2. The second-order valence-corrected chi connectivity index (χ2v) is 7.55. The van der Waals surface area contributed by atoms with Crippen molar-refractivity contribution >= 4 is 17.7 Å². The van der Waals surface area contributed by atoms with Crippen molar-refractivity contribution in [2.45, 2.75) is 20.3 Å². The van der Waals surface area contributed by atoms with E-state index >= 15 is 0 Å². The molecule has 0 radical (unpaired) electrons. The van der Waals surface area contributed by atoms with Crippen molar-refractivity contribution in [3.63, 3.8) is 0 Å². The molecule has 0 fully saturated rings. The first kappa shape index (κ1) is 23.9. The molecule has 3 rings (SSSR count). The number of nitrogens with zero attached hydrogens (tertiary/aromatic N) is 5. The van der Waals surface area contributed by atoms with Crippen LogP contribution in [0.3, 0.4) is 0 Å². The summed E-state index contributed by atoms with van der Waals surface area (Å²) in [6.45, 7) is 5.66. The molecule has 10 nitrogen and oxygen atoms in total. The van der Waals surface area contributed by atoms with Gasteiger partial charge >= 0.3 is 6.01 Å². The summed E-state index contributed by atoms with van der Waals surface area (Å²) < 4.78 is 11.4. The summed E-state index contributed by atoms with van der Waals surface area (Å²) >= 11 is 0. The highest BCUT2D eigenvalue weighted by molar-refractivity contribution is 5.95. The van der Waals surface area contributed by atoms with Crippen LogP contribution in [0.4, 0.5) is 11.8 Å². The van der Waals surface area contributed by atoms with Crippen molar-refractivity contribution in [3.05, 3.63) is 47.7 Å². The zero-order chi connectivity index (χ0) is 23.8. The second kappa shape index (κ2) is 11.2. The van der Waals surface area contributed by atoms with Crippen LogP contribution in [0.15, 0.2) is 36.5 Å². The Hall–Kier alpha value is -3.79. The Balaban J connectivity index is 1.85. The molecule has 3 N–H and O–H groups in total. The molecule has 0 atom stereocenters. The summed E-state index contributed by atoms with van der Waals surface area (Å²) in [5.74, 6) is 1.57. The molecule has 3 aromatic rings. The lowest BCUT2D eigenvalue weighted by Gasteiger charge is -2.14. The number of carbonyl (C=O) groups excluding carboxylic acids is 1. The van der Waals surface area contributed by atoms with Crippen LogP contribution < -0.4 is 15.8 Å². The summed E-state index contributed by atoms with van der Waals surface area (Å²) in [6.07, 6.45) is 2.55. The third-order valence-corrected chi connectivity index (χ3v) is 4.58. The van der Waals surface area contributed by atoms with E-state index in [2.05, 4.69) is 32.2 Å². The molecule has 2 aromatic heterocycles. The van der Waals surface area contributed by atoms with Crippen molar-refractivity contribution in [2.24, 2.45) is 0 Å². The van der Waals surface area contributed by atoms with Gasteiger partial charge in [-0.1, -0.05) is 6.92 Å². The van der Waals surface area contributed by atoms with Crippen molar-refractivity contribution in [1.29, 1.82) is 0 Å². The van der Waals surface area contributed by atoms with E-state index in [1.807, 2.05) is 6.92 Å². The van der Waals surface area contributed by atoms with Gasteiger partial charge in [-0.15, -0.1) is 0 Å². The lowest BCUT2D eigenvalue weighted by Crippen LogP contribution is -2.22. The van der Waals surface area contributed by atoms with E-state index in [4.69, 9.17) is 15.2 Å². The normalized spacial score (nSPS) is 10.7. The molecule has 0 unspecified atom stereocenters. The number of anilines is 2. The molecule has 33 heavy (non-hydrogen) atoms. The molecule has 1 amide bonds. The maximum absolute atomic E-state index is 12.3. The summed E-state index contributed by atoms with van der Waals surface area (Å²) in [5.41, 5.74) is 7.76. The van der Waals surface area contributed by atoms with Gasteiger partial charge in [0.1, 0.15) is 11.6 Å². The quantitative estimate of drug-likeness (QED) is 0.447. The minimum Gasteiger partial charge on any atom is -0.424 e. The maximum Gasteiger partial charge on any atom is 0.327 e. The lowest BCUT2D eigenvalue weighted by atomic mass is 10.1. The molecule has 0 aliphatic rings. The topological polar surface area (TPSA) is 128 Å².